The molecule has 0 bridgehead atoms. The van der Waals surface area contributed by atoms with E-state index < -0.39 is 0 Å². The molecule has 0 aliphatic rings. The van der Waals surface area contributed by atoms with E-state index in [-0.39, 0.29) is 17.5 Å². The van der Waals surface area contributed by atoms with Gasteiger partial charge < -0.3 is 4.90 Å². The largest absolute Gasteiger partial charge is 0.333 e. The topological polar surface area (TPSA) is 55.2 Å². The maximum absolute atomic E-state index is 13.7. The Morgan fingerprint density at radius 2 is 1.74 bits per heavy atom. The van der Waals surface area contributed by atoms with Gasteiger partial charge in [-0.05, 0) is 57.0 Å². The van der Waals surface area contributed by atoms with Crippen LogP contribution >= 0.6 is 11.6 Å². The number of aryl methyl sites for hydroxylation is 1. The number of aromatic nitrogens is 2. The standard InChI is InChI=1S/C28H36ClN3O2/c1-5-7-9-10-11-26(33)31(18-8-6-2)21(4)27-30-25-19-22(29)14-17-24(25)28(34)32(27)23-15-12-20(3)13-16-23/h12-17,19,21H,5-11,18H2,1-4H3. The second-order valence-electron chi connectivity index (χ2n) is 9.03. The van der Waals surface area contributed by atoms with E-state index in [1.807, 2.05) is 43.0 Å². The summed E-state index contributed by atoms with van der Waals surface area (Å²) in [6.45, 7) is 8.91. The first kappa shape index (κ1) is 26.0. The van der Waals surface area contributed by atoms with Crippen molar-refractivity contribution >= 4 is 28.4 Å². The second-order valence-corrected chi connectivity index (χ2v) is 9.47. The first-order chi connectivity index (χ1) is 16.4. The number of halogens is 1. The molecule has 0 aliphatic heterocycles. The quantitative estimate of drug-likeness (QED) is 0.277. The van der Waals surface area contributed by atoms with Crippen LogP contribution in [-0.2, 0) is 4.79 Å². The molecule has 3 rings (SSSR count). The predicted octanol–water partition coefficient (Wildman–Crippen LogP) is 7.01. The van der Waals surface area contributed by atoms with E-state index in [9.17, 15) is 9.59 Å². The number of amides is 1. The minimum Gasteiger partial charge on any atom is -0.333 e. The highest BCUT2D eigenvalue weighted by Crippen LogP contribution is 2.25. The van der Waals surface area contributed by atoms with Crippen LogP contribution in [0.15, 0.2) is 47.3 Å². The van der Waals surface area contributed by atoms with Crippen LogP contribution in [0.3, 0.4) is 0 Å². The van der Waals surface area contributed by atoms with Crippen molar-refractivity contribution in [3.63, 3.8) is 0 Å². The van der Waals surface area contributed by atoms with Gasteiger partial charge in [0.15, 0.2) is 0 Å². The molecule has 5 nitrogen and oxygen atoms in total. The van der Waals surface area contributed by atoms with Crippen LogP contribution in [0.1, 0.15) is 83.1 Å². The third-order valence-electron chi connectivity index (χ3n) is 6.31. The lowest BCUT2D eigenvalue weighted by molar-refractivity contribution is -0.133. The summed E-state index contributed by atoms with van der Waals surface area (Å²) < 4.78 is 1.66. The van der Waals surface area contributed by atoms with Crippen molar-refractivity contribution < 1.29 is 4.79 Å². The summed E-state index contributed by atoms with van der Waals surface area (Å²) >= 11 is 6.23. The third-order valence-corrected chi connectivity index (χ3v) is 6.54. The molecule has 1 unspecified atom stereocenters. The Hall–Kier alpha value is -2.66. The lowest BCUT2D eigenvalue weighted by Crippen LogP contribution is -2.38. The number of hydrogen-bond acceptors (Lipinski definition) is 3. The molecule has 0 saturated heterocycles. The maximum Gasteiger partial charge on any atom is 0.266 e. The molecule has 6 heteroatoms. The Morgan fingerprint density at radius 3 is 2.41 bits per heavy atom. The summed E-state index contributed by atoms with van der Waals surface area (Å²) in [7, 11) is 0. The Bertz CT molecular complexity index is 1170. The van der Waals surface area contributed by atoms with Crippen molar-refractivity contribution in [2.24, 2.45) is 0 Å². The van der Waals surface area contributed by atoms with E-state index in [1.165, 1.54) is 0 Å². The van der Waals surface area contributed by atoms with E-state index in [0.717, 1.165) is 49.8 Å². The van der Waals surface area contributed by atoms with Crippen LogP contribution in [0.2, 0.25) is 5.02 Å². The summed E-state index contributed by atoms with van der Waals surface area (Å²) in [6, 6.07) is 12.6. The lowest BCUT2D eigenvalue weighted by Gasteiger charge is -2.31. The van der Waals surface area contributed by atoms with E-state index in [2.05, 4.69) is 13.8 Å². The number of unbranched alkanes of at least 4 members (excludes halogenated alkanes) is 4. The molecule has 1 amide bonds. The molecule has 1 heterocycles. The van der Waals surface area contributed by atoms with Gasteiger partial charge in [-0.25, -0.2) is 4.98 Å². The van der Waals surface area contributed by atoms with Crippen molar-refractivity contribution in [3.8, 4) is 5.69 Å². The smallest absolute Gasteiger partial charge is 0.266 e. The van der Waals surface area contributed by atoms with Crippen LogP contribution in [0.25, 0.3) is 16.6 Å². The predicted molar refractivity (Wildman–Crippen MR) is 141 cm³/mol. The Morgan fingerprint density at radius 1 is 1.03 bits per heavy atom. The first-order valence-corrected chi connectivity index (χ1v) is 12.8. The van der Waals surface area contributed by atoms with Gasteiger partial charge in [0.25, 0.3) is 5.56 Å². The fourth-order valence-electron chi connectivity index (χ4n) is 4.25. The van der Waals surface area contributed by atoms with Gasteiger partial charge in [0.05, 0.1) is 22.6 Å². The molecule has 0 N–H and O–H groups in total. The van der Waals surface area contributed by atoms with Crippen LogP contribution in [-0.4, -0.2) is 26.9 Å². The van der Waals surface area contributed by atoms with Gasteiger partial charge in [-0.3, -0.25) is 14.2 Å². The fraction of sp³-hybridized carbons (Fsp3) is 0.464. The summed E-state index contributed by atoms with van der Waals surface area (Å²) in [4.78, 5) is 33.8. The average Bonchev–Trinajstić information content (AvgIpc) is 2.82. The second kappa shape index (κ2) is 12.2. The molecule has 1 atom stereocenters. The van der Waals surface area contributed by atoms with Crippen molar-refractivity contribution in [3.05, 3.63) is 69.2 Å². The SMILES string of the molecule is CCCCCCC(=O)N(CCCC)C(C)c1nc2cc(Cl)ccc2c(=O)n1-c1ccc(C)cc1. The molecular weight excluding hydrogens is 446 g/mol. The fourth-order valence-corrected chi connectivity index (χ4v) is 4.41. The number of carbonyl (C=O) groups excluding carboxylic acids is 1. The molecule has 0 spiro atoms. The van der Waals surface area contributed by atoms with Crippen molar-refractivity contribution in [2.75, 3.05) is 6.54 Å². The highest BCUT2D eigenvalue weighted by molar-refractivity contribution is 6.31. The van der Waals surface area contributed by atoms with Gasteiger partial charge in [0, 0.05) is 18.0 Å². The number of benzene rings is 2. The summed E-state index contributed by atoms with van der Waals surface area (Å²) in [5.41, 5.74) is 2.25. The molecule has 0 radical (unpaired) electrons. The average molecular weight is 482 g/mol. The van der Waals surface area contributed by atoms with Crippen molar-refractivity contribution in [1.82, 2.24) is 14.5 Å². The van der Waals surface area contributed by atoms with Crippen LogP contribution in [0, 0.1) is 6.92 Å². The molecule has 34 heavy (non-hydrogen) atoms. The van der Waals surface area contributed by atoms with Gasteiger partial charge in [0.1, 0.15) is 5.82 Å². The number of fused-ring (bicyclic) bond motifs is 1. The van der Waals surface area contributed by atoms with Gasteiger partial charge in [-0.2, -0.15) is 0 Å². The molecule has 0 saturated carbocycles. The number of nitrogens with zero attached hydrogens (tertiary/aromatic N) is 3. The van der Waals surface area contributed by atoms with Gasteiger partial charge in [-0.1, -0.05) is 68.8 Å². The highest BCUT2D eigenvalue weighted by Gasteiger charge is 2.26. The zero-order valence-corrected chi connectivity index (χ0v) is 21.6. The molecule has 0 fully saturated rings. The Balaban J connectivity index is 2.11. The Labute approximate surface area is 207 Å². The minimum atomic E-state index is -0.359. The number of carbonyl (C=O) groups is 1. The van der Waals surface area contributed by atoms with Gasteiger partial charge in [-0.15, -0.1) is 0 Å². The Kier molecular flexibility index (Phi) is 9.28. The van der Waals surface area contributed by atoms with Crippen molar-refractivity contribution in [1.29, 1.82) is 0 Å². The number of rotatable bonds is 11. The zero-order chi connectivity index (χ0) is 24.7. The molecule has 3 aromatic rings. The third kappa shape index (κ3) is 6.06. The van der Waals surface area contributed by atoms with E-state index in [1.54, 1.807) is 22.8 Å². The summed E-state index contributed by atoms with van der Waals surface area (Å²) in [5.74, 6) is 0.676. The summed E-state index contributed by atoms with van der Waals surface area (Å²) in [5, 5.41) is 1.04. The zero-order valence-electron chi connectivity index (χ0n) is 20.8. The van der Waals surface area contributed by atoms with E-state index in [4.69, 9.17) is 16.6 Å². The van der Waals surface area contributed by atoms with Crippen LogP contribution in [0.5, 0.6) is 0 Å². The van der Waals surface area contributed by atoms with Crippen molar-refractivity contribution in [2.45, 2.75) is 78.7 Å². The van der Waals surface area contributed by atoms with Gasteiger partial charge in [0.2, 0.25) is 5.91 Å². The maximum atomic E-state index is 13.7. The lowest BCUT2D eigenvalue weighted by atomic mass is 10.1. The number of hydrogen-bond donors (Lipinski definition) is 0. The summed E-state index contributed by atoms with van der Waals surface area (Å²) in [6.07, 6.45) is 6.61. The van der Waals surface area contributed by atoms with Crippen LogP contribution in [0.4, 0.5) is 0 Å². The van der Waals surface area contributed by atoms with E-state index >= 15 is 0 Å². The first-order valence-electron chi connectivity index (χ1n) is 12.5. The highest BCUT2D eigenvalue weighted by atomic mass is 35.5. The molecule has 1 aromatic heterocycles. The molecule has 0 aliphatic carbocycles. The molecule has 182 valence electrons. The molecule has 2 aromatic carbocycles. The van der Waals surface area contributed by atoms with Gasteiger partial charge >= 0.3 is 0 Å². The molecular formula is C28H36ClN3O2. The normalized spacial score (nSPS) is 12.1. The minimum absolute atomic E-state index is 0.118. The van der Waals surface area contributed by atoms with E-state index in [0.29, 0.717) is 34.7 Å². The van der Waals surface area contributed by atoms with Crippen LogP contribution < -0.4 is 5.56 Å². The monoisotopic (exact) mass is 481 g/mol.